The van der Waals surface area contributed by atoms with Crippen molar-refractivity contribution >= 4 is 35.8 Å². The molecular formula is C14H18ClF3N2O2S. The van der Waals surface area contributed by atoms with Gasteiger partial charge in [-0.2, -0.15) is 13.2 Å². The number of halogens is 4. The summed E-state index contributed by atoms with van der Waals surface area (Å²) in [7, 11) is 0. The first-order valence-electron chi connectivity index (χ1n) is 6.78. The highest BCUT2D eigenvalue weighted by atomic mass is 35.5. The van der Waals surface area contributed by atoms with Gasteiger partial charge in [0.05, 0.1) is 18.0 Å². The summed E-state index contributed by atoms with van der Waals surface area (Å²) in [5, 5.41) is 5.70. The number of hydrogen-bond acceptors (Lipinski definition) is 4. The van der Waals surface area contributed by atoms with Crippen LogP contribution < -0.4 is 10.6 Å². The van der Waals surface area contributed by atoms with Gasteiger partial charge in [0.25, 0.3) is 5.91 Å². The zero-order chi connectivity index (χ0) is 16.2. The van der Waals surface area contributed by atoms with E-state index in [0.717, 1.165) is 5.56 Å². The van der Waals surface area contributed by atoms with Crippen LogP contribution in [0.4, 0.5) is 18.9 Å². The second kappa shape index (κ2) is 8.77. The van der Waals surface area contributed by atoms with E-state index in [4.69, 9.17) is 4.74 Å². The van der Waals surface area contributed by atoms with Crippen LogP contribution in [0.3, 0.4) is 0 Å². The van der Waals surface area contributed by atoms with E-state index in [9.17, 15) is 18.0 Å². The second-order valence-electron chi connectivity index (χ2n) is 4.96. The number of ether oxygens (including phenoxy) is 1. The number of amides is 1. The molecule has 4 nitrogen and oxygen atoms in total. The predicted octanol–water partition coefficient (Wildman–Crippen LogP) is 3.00. The monoisotopic (exact) mass is 370 g/mol. The Labute approximate surface area is 142 Å². The normalized spacial score (nSPS) is 18.2. The maximum Gasteiger partial charge on any atom is 0.398 e. The lowest BCUT2D eigenvalue weighted by atomic mass is 10.2. The molecule has 1 fully saturated rings. The van der Waals surface area contributed by atoms with Crippen molar-refractivity contribution in [2.24, 2.45) is 0 Å². The summed E-state index contributed by atoms with van der Waals surface area (Å²) in [6.07, 6.45) is -4.89. The Morgan fingerprint density at radius 3 is 2.83 bits per heavy atom. The lowest BCUT2D eigenvalue weighted by Crippen LogP contribution is -2.45. The second-order valence-corrected chi connectivity index (χ2v) is 5.97. The van der Waals surface area contributed by atoms with Crippen LogP contribution in [-0.2, 0) is 9.53 Å². The number of aryl methyl sites for hydroxylation is 1. The summed E-state index contributed by atoms with van der Waals surface area (Å²) in [4.78, 5) is 12.5. The van der Waals surface area contributed by atoms with Crippen LogP contribution in [0.2, 0.25) is 0 Å². The Bertz CT molecular complexity index is 537. The first-order valence-corrected chi connectivity index (χ1v) is 7.77. The van der Waals surface area contributed by atoms with Crippen molar-refractivity contribution in [3.63, 3.8) is 0 Å². The van der Waals surface area contributed by atoms with Crippen LogP contribution in [0.25, 0.3) is 0 Å². The SMILES string of the molecule is Cc1ccc(SCC(F)(F)F)c(NC(=O)C2CNCCO2)c1.Cl. The number of carbonyl (C=O) groups excluding carboxylic acids is 1. The van der Waals surface area contributed by atoms with Crippen molar-refractivity contribution in [3.8, 4) is 0 Å². The fraction of sp³-hybridized carbons (Fsp3) is 0.500. The molecule has 0 spiro atoms. The quantitative estimate of drug-likeness (QED) is 0.800. The van der Waals surface area contributed by atoms with Gasteiger partial charge in [-0.1, -0.05) is 6.07 Å². The third-order valence-corrected chi connectivity index (χ3v) is 4.14. The fourth-order valence-electron chi connectivity index (χ4n) is 1.97. The van der Waals surface area contributed by atoms with Gasteiger partial charge in [0, 0.05) is 18.0 Å². The van der Waals surface area contributed by atoms with E-state index in [1.54, 1.807) is 18.2 Å². The maximum absolute atomic E-state index is 12.4. The molecule has 0 aromatic heterocycles. The molecule has 1 aromatic carbocycles. The molecule has 1 aliphatic rings. The van der Waals surface area contributed by atoms with Gasteiger partial charge < -0.3 is 15.4 Å². The minimum Gasteiger partial charge on any atom is -0.366 e. The summed E-state index contributed by atoms with van der Waals surface area (Å²) in [6, 6.07) is 4.96. The van der Waals surface area contributed by atoms with Gasteiger partial charge in [0.1, 0.15) is 6.10 Å². The molecule has 9 heteroatoms. The number of hydrogen-bond donors (Lipinski definition) is 2. The van der Waals surface area contributed by atoms with Crippen LogP contribution in [0.15, 0.2) is 23.1 Å². The molecule has 1 heterocycles. The smallest absolute Gasteiger partial charge is 0.366 e. The standard InChI is InChI=1S/C14H17F3N2O2S.ClH/c1-9-2-3-12(22-8-14(15,16)17)10(6-9)19-13(20)11-7-18-4-5-21-11;/h2-3,6,11,18H,4-5,7-8H2,1H3,(H,19,20);1H. The summed E-state index contributed by atoms with van der Waals surface area (Å²) in [5.74, 6) is -1.35. The summed E-state index contributed by atoms with van der Waals surface area (Å²) >= 11 is 0.655. The number of thioether (sulfide) groups is 1. The number of morpholine rings is 1. The molecule has 1 aromatic rings. The maximum atomic E-state index is 12.4. The highest BCUT2D eigenvalue weighted by molar-refractivity contribution is 7.99. The number of rotatable bonds is 4. The average molecular weight is 371 g/mol. The lowest BCUT2D eigenvalue weighted by molar-refractivity contribution is -0.128. The molecule has 0 bridgehead atoms. The van der Waals surface area contributed by atoms with Crippen molar-refractivity contribution in [3.05, 3.63) is 23.8 Å². The van der Waals surface area contributed by atoms with E-state index in [1.807, 2.05) is 6.92 Å². The molecule has 2 N–H and O–H groups in total. The predicted molar refractivity (Wildman–Crippen MR) is 86.4 cm³/mol. The molecule has 130 valence electrons. The molecule has 1 saturated heterocycles. The number of benzene rings is 1. The number of anilines is 1. The first kappa shape index (κ1) is 20.1. The Morgan fingerprint density at radius 1 is 1.48 bits per heavy atom. The molecule has 0 saturated carbocycles. The summed E-state index contributed by atoms with van der Waals surface area (Å²) in [6.45, 7) is 3.32. The van der Waals surface area contributed by atoms with Gasteiger partial charge >= 0.3 is 6.18 Å². The van der Waals surface area contributed by atoms with E-state index < -0.39 is 18.0 Å². The third-order valence-electron chi connectivity index (χ3n) is 3.00. The Kier molecular flexibility index (Phi) is 7.66. The molecule has 23 heavy (non-hydrogen) atoms. The number of nitrogens with one attached hydrogen (secondary N) is 2. The molecular weight excluding hydrogens is 353 g/mol. The van der Waals surface area contributed by atoms with Gasteiger partial charge in [-0.25, -0.2) is 0 Å². The molecule has 1 atom stereocenters. The molecule has 0 radical (unpaired) electrons. The highest BCUT2D eigenvalue weighted by Gasteiger charge is 2.28. The van der Waals surface area contributed by atoms with Gasteiger partial charge in [-0.05, 0) is 24.6 Å². The van der Waals surface area contributed by atoms with Crippen molar-refractivity contribution < 1.29 is 22.7 Å². The minimum absolute atomic E-state index is 0. The topological polar surface area (TPSA) is 50.4 Å². The molecule has 1 unspecified atom stereocenters. The lowest BCUT2D eigenvalue weighted by Gasteiger charge is -2.23. The average Bonchev–Trinajstić information content (AvgIpc) is 2.46. The van der Waals surface area contributed by atoms with Crippen LogP contribution in [-0.4, -0.2) is 43.6 Å². The Hall–Kier alpha value is -0.960. The molecule has 1 amide bonds. The Morgan fingerprint density at radius 2 is 2.22 bits per heavy atom. The minimum atomic E-state index is -4.26. The van der Waals surface area contributed by atoms with Gasteiger partial charge in [-0.3, -0.25) is 4.79 Å². The van der Waals surface area contributed by atoms with Gasteiger partial charge in [0.2, 0.25) is 0 Å². The third kappa shape index (κ3) is 6.58. The Balaban J connectivity index is 0.00000264. The number of carbonyl (C=O) groups is 1. The fourth-order valence-corrected chi connectivity index (χ4v) is 2.72. The van der Waals surface area contributed by atoms with Crippen molar-refractivity contribution in [1.29, 1.82) is 0 Å². The van der Waals surface area contributed by atoms with Crippen LogP contribution >= 0.6 is 24.2 Å². The zero-order valence-electron chi connectivity index (χ0n) is 12.4. The van der Waals surface area contributed by atoms with E-state index in [-0.39, 0.29) is 18.3 Å². The first-order chi connectivity index (χ1) is 10.3. The van der Waals surface area contributed by atoms with Crippen LogP contribution in [0.5, 0.6) is 0 Å². The van der Waals surface area contributed by atoms with E-state index in [2.05, 4.69) is 10.6 Å². The molecule has 0 aliphatic carbocycles. The van der Waals surface area contributed by atoms with E-state index in [0.29, 0.717) is 42.0 Å². The van der Waals surface area contributed by atoms with Crippen molar-refractivity contribution in [2.75, 3.05) is 30.8 Å². The van der Waals surface area contributed by atoms with E-state index >= 15 is 0 Å². The van der Waals surface area contributed by atoms with Crippen molar-refractivity contribution in [2.45, 2.75) is 24.1 Å². The highest BCUT2D eigenvalue weighted by Crippen LogP contribution is 2.33. The van der Waals surface area contributed by atoms with Crippen LogP contribution in [0, 0.1) is 6.92 Å². The zero-order valence-corrected chi connectivity index (χ0v) is 14.0. The molecule has 2 rings (SSSR count). The molecule has 1 aliphatic heterocycles. The van der Waals surface area contributed by atoms with Crippen LogP contribution in [0.1, 0.15) is 5.56 Å². The van der Waals surface area contributed by atoms with Crippen molar-refractivity contribution in [1.82, 2.24) is 5.32 Å². The largest absolute Gasteiger partial charge is 0.398 e. The van der Waals surface area contributed by atoms with E-state index in [1.165, 1.54) is 0 Å². The van der Waals surface area contributed by atoms with Gasteiger partial charge in [0.15, 0.2) is 0 Å². The summed E-state index contributed by atoms with van der Waals surface area (Å²) in [5.41, 5.74) is 1.24. The summed E-state index contributed by atoms with van der Waals surface area (Å²) < 4.78 is 42.4. The van der Waals surface area contributed by atoms with Gasteiger partial charge in [-0.15, -0.1) is 24.2 Å². The number of alkyl halides is 3.